The molecule has 11 nitrogen and oxygen atoms in total. The summed E-state index contributed by atoms with van der Waals surface area (Å²) in [6, 6.07) is 3.32. The van der Waals surface area contributed by atoms with Crippen LogP contribution in [0.4, 0.5) is 4.79 Å². The van der Waals surface area contributed by atoms with E-state index in [1.807, 2.05) is 0 Å². The van der Waals surface area contributed by atoms with Crippen LogP contribution in [0.25, 0.3) is 0 Å². The van der Waals surface area contributed by atoms with Crippen LogP contribution in [-0.4, -0.2) is 96.7 Å². The first-order valence-electron chi connectivity index (χ1n) is 8.63. The zero-order valence-electron chi connectivity index (χ0n) is 16.0. The highest BCUT2D eigenvalue weighted by molar-refractivity contribution is 7.82. The number of aliphatic carboxylic acids is 3. The van der Waals surface area contributed by atoms with E-state index in [1.165, 1.54) is 24.1 Å². The first-order valence-corrected chi connectivity index (χ1v) is 9.59. The van der Waals surface area contributed by atoms with E-state index in [1.54, 1.807) is 12.1 Å². The average Bonchev–Trinajstić information content (AvgIpc) is 2.66. The summed E-state index contributed by atoms with van der Waals surface area (Å²) in [4.78, 5) is 51.9. The molecule has 0 aromatic carbocycles. The molecule has 0 aliphatic heterocycles. The van der Waals surface area contributed by atoms with Crippen molar-refractivity contribution in [1.29, 1.82) is 0 Å². The second kappa shape index (κ2) is 11.0. The second-order valence-electron chi connectivity index (χ2n) is 6.42. The van der Waals surface area contributed by atoms with Gasteiger partial charge in [0, 0.05) is 25.8 Å². The largest absolute Gasteiger partial charge is 0.480 e. The van der Waals surface area contributed by atoms with E-state index < -0.39 is 46.6 Å². The quantitative estimate of drug-likeness (QED) is 0.240. The predicted molar refractivity (Wildman–Crippen MR) is 111 cm³/mol. The highest BCUT2D eigenvalue weighted by Crippen LogP contribution is 2.34. The van der Waals surface area contributed by atoms with Crippen molar-refractivity contribution in [3.05, 3.63) is 30.1 Å². The normalized spacial score (nSPS) is 15.1. The van der Waals surface area contributed by atoms with Crippen molar-refractivity contribution >= 4 is 49.3 Å². The Morgan fingerprint density at radius 1 is 1.13 bits per heavy atom. The first-order chi connectivity index (χ1) is 13.9. The third kappa shape index (κ3) is 6.50. The monoisotopic (exact) mass is 461 g/mol. The molecule has 0 fully saturated rings. The van der Waals surface area contributed by atoms with E-state index in [4.69, 9.17) is 10.2 Å². The maximum Gasteiger partial charge on any atom is 0.407 e. The molecule has 166 valence electrons. The number of carbonyl (C=O) groups is 4. The molecule has 0 saturated carbocycles. The summed E-state index contributed by atoms with van der Waals surface area (Å²) in [6.45, 7) is 0.0879. The van der Waals surface area contributed by atoms with Crippen molar-refractivity contribution in [2.45, 2.75) is 23.0 Å². The molecule has 1 aromatic rings. The number of nitrogens with zero attached hydrogens (tertiary/aromatic N) is 3. The summed E-state index contributed by atoms with van der Waals surface area (Å²) in [6.07, 6.45) is -0.0944. The van der Waals surface area contributed by atoms with Crippen molar-refractivity contribution in [1.82, 2.24) is 14.8 Å². The van der Waals surface area contributed by atoms with E-state index in [2.05, 4.69) is 30.2 Å². The molecular weight excluding hydrogens is 438 g/mol. The maximum absolute atomic E-state index is 12.0. The van der Waals surface area contributed by atoms with Crippen LogP contribution in [0.1, 0.15) is 12.6 Å². The fourth-order valence-electron chi connectivity index (χ4n) is 2.77. The summed E-state index contributed by atoms with van der Waals surface area (Å²) in [5.74, 6) is -3.90. The third-order valence-electron chi connectivity index (χ3n) is 4.43. The third-order valence-corrected chi connectivity index (χ3v) is 5.61. The molecule has 13 heteroatoms. The van der Waals surface area contributed by atoms with Gasteiger partial charge in [-0.05, 0) is 19.1 Å². The topological polar surface area (TPSA) is 169 Å². The molecule has 0 bridgehead atoms. The van der Waals surface area contributed by atoms with Gasteiger partial charge in [0.1, 0.15) is 5.25 Å². The number of hydrogen-bond donors (Lipinski definition) is 6. The predicted octanol–water partition coefficient (Wildman–Crippen LogP) is 0.429. The van der Waals surface area contributed by atoms with E-state index in [9.17, 15) is 29.4 Å². The number of aromatic nitrogens is 1. The molecule has 1 amide bonds. The van der Waals surface area contributed by atoms with Gasteiger partial charge in [-0.25, -0.2) is 4.79 Å². The zero-order valence-corrected chi connectivity index (χ0v) is 17.7. The van der Waals surface area contributed by atoms with Crippen LogP contribution in [0.5, 0.6) is 0 Å². The van der Waals surface area contributed by atoms with E-state index >= 15 is 0 Å². The molecule has 0 radical (unpaired) electrons. The van der Waals surface area contributed by atoms with Crippen LogP contribution in [0.2, 0.25) is 0 Å². The number of hydrogen-bond acceptors (Lipinski definition) is 8. The van der Waals surface area contributed by atoms with Crippen LogP contribution in [0.3, 0.4) is 0 Å². The molecule has 0 aliphatic carbocycles. The fourth-order valence-corrected chi connectivity index (χ4v) is 3.27. The van der Waals surface area contributed by atoms with Gasteiger partial charge in [0.05, 0.1) is 18.3 Å². The summed E-state index contributed by atoms with van der Waals surface area (Å²) in [5.41, 5.74) is 0.0308. The van der Waals surface area contributed by atoms with Crippen molar-refractivity contribution < 1.29 is 39.6 Å². The van der Waals surface area contributed by atoms with Gasteiger partial charge in [0.2, 0.25) is 0 Å². The molecule has 3 atom stereocenters. The fraction of sp³-hybridized carbons (Fsp3) is 0.471. The lowest BCUT2D eigenvalue weighted by atomic mass is 9.94. The summed E-state index contributed by atoms with van der Waals surface area (Å²) < 4.78 is -1.98. The smallest absolute Gasteiger partial charge is 0.407 e. The van der Waals surface area contributed by atoms with Gasteiger partial charge >= 0.3 is 24.0 Å². The Bertz CT molecular complexity index is 782. The van der Waals surface area contributed by atoms with Gasteiger partial charge in [0.25, 0.3) is 0 Å². The molecule has 0 spiro atoms. The van der Waals surface area contributed by atoms with Crippen molar-refractivity contribution in [3.63, 3.8) is 0 Å². The minimum atomic E-state index is -1.98. The van der Waals surface area contributed by atoms with Crippen LogP contribution in [-0.2, 0) is 19.1 Å². The van der Waals surface area contributed by atoms with Crippen LogP contribution in [0, 0.1) is 0 Å². The van der Waals surface area contributed by atoms with Gasteiger partial charge in [0.15, 0.2) is 4.75 Å². The van der Waals surface area contributed by atoms with Gasteiger partial charge in [-0.2, -0.15) is 25.3 Å². The number of carboxylic acid groups (broad SMARTS) is 4. The molecule has 1 heterocycles. The average molecular weight is 462 g/mol. The molecule has 1 rings (SSSR count). The van der Waals surface area contributed by atoms with E-state index in [-0.39, 0.29) is 25.3 Å². The minimum Gasteiger partial charge on any atom is -0.480 e. The summed E-state index contributed by atoms with van der Waals surface area (Å²) in [7, 11) is 0. The van der Waals surface area contributed by atoms with Crippen molar-refractivity contribution in [2.24, 2.45) is 0 Å². The molecule has 4 N–H and O–H groups in total. The molecule has 30 heavy (non-hydrogen) atoms. The summed E-state index contributed by atoms with van der Waals surface area (Å²) in [5, 5.41) is 36.2. The standard InChI is InChI=1S/C17H23N3O8S2/c1-10(17(30,15(25)26)12-4-2-3-5-18-12)20(16(27)28)7-6-19(9-13(21)22)8-11(29)14(23)24/h2-5,10-11,29-30H,6-9H2,1H3,(H,21,22)(H,23,24)(H,25,26)(H,27,28)/t10-,11-,17+/m0/s1. The molecule has 0 unspecified atom stereocenters. The highest BCUT2D eigenvalue weighted by Gasteiger charge is 2.47. The number of thiol groups is 2. The number of rotatable bonds is 12. The van der Waals surface area contributed by atoms with Gasteiger partial charge in [-0.1, -0.05) is 6.07 Å². The van der Waals surface area contributed by atoms with E-state index in [0.717, 1.165) is 4.90 Å². The molecule has 0 saturated heterocycles. The first kappa shape index (κ1) is 25.5. The highest BCUT2D eigenvalue weighted by atomic mass is 32.1. The lowest BCUT2D eigenvalue weighted by Crippen LogP contribution is -2.54. The minimum absolute atomic E-state index is 0.0308. The summed E-state index contributed by atoms with van der Waals surface area (Å²) >= 11 is 8.12. The van der Waals surface area contributed by atoms with Gasteiger partial charge < -0.3 is 25.3 Å². The maximum atomic E-state index is 12.0. The van der Waals surface area contributed by atoms with Crippen LogP contribution < -0.4 is 0 Å². The van der Waals surface area contributed by atoms with Crippen molar-refractivity contribution in [3.8, 4) is 0 Å². The zero-order chi connectivity index (χ0) is 23.1. The lowest BCUT2D eigenvalue weighted by Gasteiger charge is -2.37. The Morgan fingerprint density at radius 2 is 1.77 bits per heavy atom. The van der Waals surface area contributed by atoms with Crippen LogP contribution in [0.15, 0.2) is 24.4 Å². The van der Waals surface area contributed by atoms with Gasteiger partial charge in [-0.3, -0.25) is 24.3 Å². The van der Waals surface area contributed by atoms with E-state index in [0.29, 0.717) is 0 Å². The Morgan fingerprint density at radius 3 is 2.20 bits per heavy atom. The Hall–Kier alpha value is -2.51. The Balaban J connectivity index is 3.11. The molecular formula is C17H23N3O8S2. The lowest BCUT2D eigenvalue weighted by molar-refractivity contribution is -0.142. The van der Waals surface area contributed by atoms with Crippen molar-refractivity contribution in [2.75, 3.05) is 26.2 Å². The molecule has 1 aromatic heterocycles. The van der Waals surface area contributed by atoms with Gasteiger partial charge in [-0.15, -0.1) is 0 Å². The number of pyridine rings is 1. The molecule has 0 aliphatic rings. The Kier molecular flexibility index (Phi) is 9.39. The number of carboxylic acids is 3. The Labute approximate surface area is 183 Å². The SMILES string of the molecule is C[C@H](N(CCN(CC(=O)O)C[C@H](S)C(=O)O)C(=O)O)[C@](S)(C(=O)O)c1ccccn1. The second-order valence-corrected chi connectivity index (χ2v) is 7.75. The van der Waals surface area contributed by atoms with Crippen LogP contribution >= 0.6 is 25.3 Å². The number of amides is 1.